The summed E-state index contributed by atoms with van der Waals surface area (Å²) in [4.78, 5) is 5.61. The second-order valence-corrected chi connectivity index (χ2v) is 8.30. The van der Waals surface area contributed by atoms with Crippen LogP contribution in [0.25, 0.3) is 5.65 Å². The zero-order chi connectivity index (χ0) is 21.0. The van der Waals surface area contributed by atoms with Crippen molar-refractivity contribution in [2.24, 2.45) is 0 Å². The third-order valence-corrected chi connectivity index (χ3v) is 6.42. The van der Waals surface area contributed by atoms with E-state index in [-0.39, 0.29) is 0 Å². The number of rotatable bonds is 3. The molecule has 4 rings (SSSR count). The third-order valence-electron chi connectivity index (χ3n) is 4.99. The highest BCUT2D eigenvalue weighted by Crippen LogP contribution is 2.32. The Morgan fingerprint density at radius 2 is 1.93 bits per heavy atom. The number of hydrogen-bond acceptors (Lipinski definition) is 4. The van der Waals surface area contributed by atoms with Crippen molar-refractivity contribution < 1.29 is 8.60 Å². The van der Waals surface area contributed by atoms with E-state index in [9.17, 15) is 8.60 Å². The largest absolute Gasteiger partial charge is 0.371 e. The highest BCUT2D eigenvalue weighted by Gasteiger charge is 2.25. The van der Waals surface area contributed by atoms with E-state index in [0.717, 1.165) is 37.1 Å². The highest BCUT2D eigenvalue weighted by atomic mass is 32.2. The lowest BCUT2D eigenvalue weighted by Crippen LogP contribution is -2.13. The molecule has 1 atom stereocenters. The van der Waals surface area contributed by atoms with Gasteiger partial charge in [-0.2, -0.15) is 0 Å². The molecule has 0 fully saturated rings. The number of benzene rings is 1. The SMILES string of the molecule is C/C=C\C.CNc1nn2c3c(c(C)nc2c1S(=O)c1cccc(F)c1)CCCC3. The van der Waals surface area contributed by atoms with E-state index in [1.807, 2.05) is 37.4 Å². The molecule has 3 aromatic rings. The molecular formula is C22H27FN4OS. The first-order valence-corrected chi connectivity index (χ1v) is 11.0. The van der Waals surface area contributed by atoms with Crippen LogP contribution in [-0.2, 0) is 23.6 Å². The van der Waals surface area contributed by atoms with Gasteiger partial charge in [0.15, 0.2) is 11.5 Å². The maximum absolute atomic E-state index is 13.6. The minimum atomic E-state index is -1.57. The molecule has 0 aliphatic heterocycles. The summed E-state index contributed by atoms with van der Waals surface area (Å²) in [7, 11) is 0.174. The summed E-state index contributed by atoms with van der Waals surface area (Å²) < 4.78 is 28.5. The van der Waals surface area contributed by atoms with Gasteiger partial charge in [0.1, 0.15) is 10.7 Å². The molecule has 5 nitrogen and oxygen atoms in total. The van der Waals surface area contributed by atoms with Crippen molar-refractivity contribution in [2.45, 2.75) is 56.2 Å². The minimum absolute atomic E-state index is 0.406. The number of nitrogens with one attached hydrogen (secondary N) is 1. The van der Waals surface area contributed by atoms with Crippen molar-refractivity contribution in [1.29, 1.82) is 0 Å². The Morgan fingerprint density at radius 1 is 1.21 bits per heavy atom. The molecule has 1 unspecified atom stereocenters. The first kappa shape index (κ1) is 21.2. The number of nitrogens with zero attached hydrogens (tertiary/aromatic N) is 3. The molecule has 1 N–H and O–H groups in total. The second-order valence-electron chi connectivity index (χ2n) is 6.89. The van der Waals surface area contributed by atoms with Crippen molar-refractivity contribution in [3.8, 4) is 0 Å². The zero-order valence-corrected chi connectivity index (χ0v) is 18.1. The molecule has 1 aromatic carbocycles. The summed E-state index contributed by atoms with van der Waals surface area (Å²) >= 11 is 0. The topological polar surface area (TPSA) is 59.3 Å². The molecule has 2 heterocycles. The minimum Gasteiger partial charge on any atom is -0.371 e. The van der Waals surface area contributed by atoms with Gasteiger partial charge in [0.25, 0.3) is 0 Å². The van der Waals surface area contributed by atoms with Crippen LogP contribution in [0.5, 0.6) is 0 Å². The predicted molar refractivity (Wildman–Crippen MR) is 115 cm³/mol. The lowest BCUT2D eigenvalue weighted by molar-refractivity contribution is 0.622. The van der Waals surface area contributed by atoms with Gasteiger partial charge in [0.2, 0.25) is 0 Å². The van der Waals surface area contributed by atoms with Crippen LogP contribution in [0, 0.1) is 12.7 Å². The molecule has 0 bridgehead atoms. The van der Waals surface area contributed by atoms with Gasteiger partial charge >= 0.3 is 0 Å². The van der Waals surface area contributed by atoms with E-state index in [0.29, 0.717) is 21.3 Å². The van der Waals surface area contributed by atoms with Gasteiger partial charge in [-0.1, -0.05) is 18.2 Å². The van der Waals surface area contributed by atoms with Crippen LogP contribution in [-0.4, -0.2) is 25.9 Å². The number of fused-ring (bicyclic) bond motifs is 3. The van der Waals surface area contributed by atoms with Gasteiger partial charge in [0, 0.05) is 23.3 Å². The Kier molecular flexibility index (Phi) is 6.79. The van der Waals surface area contributed by atoms with Crippen molar-refractivity contribution in [3.05, 3.63) is 59.2 Å². The van der Waals surface area contributed by atoms with Crippen LogP contribution in [0.4, 0.5) is 10.2 Å². The number of aryl methyl sites for hydroxylation is 2. The molecule has 29 heavy (non-hydrogen) atoms. The summed E-state index contributed by atoms with van der Waals surface area (Å²) in [6, 6.07) is 5.86. The normalized spacial score (nSPS) is 14.4. The molecule has 2 aromatic heterocycles. The highest BCUT2D eigenvalue weighted by molar-refractivity contribution is 7.85. The Labute approximate surface area is 173 Å². The van der Waals surface area contributed by atoms with Crippen LogP contribution in [0.2, 0.25) is 0 Å². The Morgan fingerprint density at radius 3 is 2.59 bits per heavy atom. The van der Waals surface area contributed by atoms with Crippen LogP contribution in [0.1, 0.15) is 43.6 Å². The lowest BCUT2D eigenvalue weighted by Gasteiger charge is -2.18. The lowest BCUT2D eigenvalue weighted by atomic mass is 9.95. The van der Waals surface area contributed by atoms with Crippen LogP contribution in [0.3, 0.4) is 0 Å². The summed E-state index contributed by atoms with van der Waals surface area (Å²) in [5, 5.41) is 7.63. The van der Waals surface area contributed by atoms with Gasteiger partial charge < -0.3 is 5.32 Å². The molecule has 154 valence electrons. The third kappa shape index (κ3) is 4.24. The second kappa shape index (κ2) is 9.31. The van der Waals surface area contributed by atoms with Crippen molar-refractivity contribution in [2.75, 3.05) is 12.4 Å². The quantitative estimate of drug-likeness (QED) is 0.623. The number of halogens is 1. The number of anilines is 1. The summed E-state index contributed by atoms with van der Waals surface area (Å²) in [5.41, 5.74) is 3.94. The molecule has 0 saturated heterocycles. The maximum atomic E-state index is 13.6. The standard InChI is InChI=1S/C18H19FN4OS.C4H8/c1-11-14-8-3-4-9-15(14)23-18(21-11)16(17(20-2)22-23)25(24)13-7-5-6-12(19)10-13;1-3-4-2/h5-7,10H,3-4,8-9H2,1-2H3,(H,20,22);3-4H,1-2H3/b;4-3-. The Bertz CT molecular complexity index is 1070. The van der Waals surface area contributed by atoms with Crippen LogP contribution >= 0.6 is 0 Å². The van der Waals surface area contributed by atoms with E-state index in [4.69, 9.17) is 4.98 Å². The van der Waals surface area contributed by atoms with Gasteiger partial charge in [0.05, 0.1) is 10.8 Å². The number of aromatic nitrogens is 3. The van der Waals surface area contributed by atoms with Gasteiger partial charge in [-0.05, 0) is 70.2 Å². The summed E-state index contributed by atoms with van der Waals surface area (Å²) in [6.07, 6.45) is 8.21. The molecule has 0 amide bonds. The molecule has 0 spiro atoms. The smallest absolute Gasteiger partial charge is 0.174 e. The Hall–Kier alpha value is -2.54. The zero-order valence-electron chi connectivity index (χ0n) is 17.3. The number of hydrogen-bond donors (Lipinski definition) is 1. The summed E-state index contributed by atoms with van der Waals surface area (Å²) in [5.74, 6) is 0.114. The van der Waals surface area contributed by atoms with E-state index in [2.05, 4.69) is 10.4 Å². The molecule has 0 saturated carbocycles. The maximum Gasteiger partial charge on any atom is 0.174 e. The fraction of sp³-hybridized carbons (Fsp3) is 0.364. The van der Waals surface area contributed by atoms with Crippen molar-refractivity contribution in [3.63, 3.8) is 0 Å². The molecule has 1 aliphatic rings. The average molecular weight is 415 g/mol. The molecular weight excluding hydrogens is 387 g/mol. The van der Waals surface area contributed by atoms with Gasteiger partial charge in [-0.3, -0.25) is 0 Å². The first-order chi connectivity index (χ1) is 14.0. The van der Waals surface area contributed by atoms with Crippen molar-refractivity contribution in [1.82, 2.24) is 14.6 Å². The first-order valence-electron chi connectivity index (χ1n) is 9.85. The van der Waals surface area contributed by atoms with E-state index in [1.165, 1.54) is 17.7 Å². The monoisotopic (exact) mass is 414 g/mol. The summed E-state index contributed by atoms with van der Waals surface area (Å²) in [6.45, 7) is 5.99. The van der Waals surface area contributed by atoms with E-state index >= 15 is 0 Å². The fourth-order valence-corrected chi connectivity index (χ4v) is 4.73. The number of allylic oxidation sites excluding steroid dienone is 2. The Balaban J connectivity index is 0.000000552. The van der Waals surface area contributed by atoms with E-state index in [1.54, 1.807) is 19.2 Å². The predicted octanol–water partition coefficient (Wildman–Crippen LogP) is 4.85. The molecule has 1 aliphatic carbocycles. The fourth-order valence-electron chi connectivity index (χ4n) is 3.45. The van der Waals surface area contributed by atoms with Crippen LogP contribution < -0.4 is 5.32 Å². The van der Waals surface area contributed by atoms with Crippen LogP contribution in [0.15, 0.2) is 46.2 Å². The average Bonchev–Trinajstić information content (AvgIpc) is 3.12. The van der Waals surface area contributed by atoms with Gasteiger partial charge in [-0.15, -0.1) is 5.10 Å². The van der Waals surface area contributed by atoms with Gasteiger partial charge in [-0.25, -0.2) is 18.1 Å². The van der Waals surface area contributed by atoms with E-state index < -0.39 is 16.6 Å². The molecule has 7 heteroatoms. The molecule has 0 radical (unpaired) electrons. The van der Waals surface area contributed by atoms with Crippen molar-refractivity contribution >= 4 is 22.3 Å².